The van der Waals surface area contributed by atoms with Gasteiger partial charge in [0.25, 0.3) is 5.91 Å². The van der Waals surface area contributed by atoms with Crippen LogP contribution < -0.4 is 10.6 Å². The number of hydrogen-bond donors (Lipinski definition) is 2. The van der Waals surface area contributed by atoms with E-state index in [4.69, 9.17) is 0 Å². The Hall–Kier alpha value is -1.88. The molecule has 5 heteroatoms. The number of nitrogens with zero attached hydrogens (tertiary/aromatic N) is 1. The second kappa shape index (κ2) is 7.05. The fourth-order valence-corrected chi connectivity index (χ4v) is 2.16. The molecule has 1 aromatic carbocycles. The molecule has 0 saturated heterocycles. The Balaban J connectivity index is 1.96. The summed E-state index contributed by atoms with van der Waals surface area (Å²) in [5.41, 5.74) is 1.59. The number of aromatic nitrogens is 1. The topological polar surface area (TPSA) is 54.0 Å². The Bertz CT molecular complexity index is 584. The molecule has 20 heavy (non-hydrogen) atoms. The van der Waals surface area contributed by atoms with E-state index in [2.05, 4.69) is 31.5 Å². The molecule has 1 heterocycles. The fraction of sp³-hybridized carbons (Fsp3) is 0.200. The van der Waals surface area contributed by atoms with E-state index in [9.17, 15) is 4.79 Å². The van der Waals surface area contributed by atoms with Gasteiger partial charge in [-0.25, -0.2) is 4.98 Å². The van der Waals surface area contributed by atoms with Crippen molar-refractivity contribution >= 4 is 27.7 Å². The Labute approximate surface area is 126 Å². The molecule has 0 bridgehead atoms. The summed E-state index contributed by atoms with van der Waals surface area (Å²) in [5, 5.41) is 5.97. The zero-order valence-electron chi connectivity index (χ0n) is 11.2. The maximum atomic E-state index is 12.0. The molecule has 1 aromatic heterocycles. The van der Waals surface area contributed by atoms with Gasteiger partial charge in [0.2, 0.25) is 0 Å². The highest BCUT2D eigenvalue weighted by atomic mass is 79.9. The number of carbonyl (C=O) groups excluding carboxylic acids is 1. The summed E-state index contributed by atoms with van der Waals surface area (Å²) in [4.78, 5) is 16.2. The average molecular weight is 334 g/mol. The number of anilines is 1. The first kappa shape index (κ1) is 14.5. The normalized spacial score (nSPS) is 10.1. The van der Waals surface area contributed by atoms with Crippen LogP contribution in [-0.4, -0.2) is 17.4 Å². The number of nitrogens with one attached hydrogen (secondary N) is 2. The molecule has 0 unspecified atom stereocenters. The summed E-state index contributed by atoms with van der Waals surface area (Å²) in [5.74, 6) is 0.645. The zero-order chi connectivity index (χ0) is 14.4. The Morgan fingerprint density at radius 2 is 2.05 bits per heavy atom. The van der Waals surface area contributed by atoms with Gasteiger partial charge < -0.3 is 10.6 Å². The molecule has 2 aromatic rings. The van der Waals surface area contributed by atoms with Crippen molar-refractivity contribution < 1.29 is 4.79 Å². The molecule has 0 atom stereocenters. The summed E-state index contributed by atoms with van der Waals surface area (Å²) in [6.07, 6.45) is 1.58. The van der Waals surface area contributed by atoms with Gasteiger partial charge in [0.1, 0.15) is 5.82 Å². The van der Waals surface area contributed by atoms with Gasteiger partial charge in [-0.15, -0.1) is 0 Å². The van der Waals surface area contributed by atoms with E-state index in [1.54, 1.807) is 18.3 Å². The van der Waals surface area contributed by atoms with E-state index in [0.717, 1.165) is 22.4 Å². The van der Waals surface area contributed by atoms with Crippen molar-refractivity contribution in [1.29, 1.82) is 0 Å². The van der Waals surface area contributed by atoms with E-state index in [0.29, 0.717) is 12.1 Å². The summed E-state index contributed by atoms with van der Waals surface area (Å²) in [6, 6.07) is 11.4. The molecule has 0 saturated carbocycles. The minimum atomic E-state index is -0.128. The van der Waals surface area contributed by atoms with Crippen LogP contribution in [0.4, 0.5) is 5.82 Å². The van der Waals surface area contributed by atoms with Crippen LogP contribution in [0.3, 0.4) is 0 Å². The molecule has 0 spiro atoms. The zero-order valence-corrected chi connectivity index (χ0v) is 12.8. The highest BCUT2D eigenvalue weighted by Crippen LogP contribution is 2.15. The molecule has 1 amide bonds. The molecule has 2 rings (SSSR count). The summed E-state index contributed by atoms with van der Waals surface area (Å²) < 4.78 is 0.987. The average Bonchev–Trinajstić information content (AvgIpc) is 2.47. The van der Waals surface area contributed by atoms with Crippen molar-refractivity contribution in [3.63, 3.8) is 0 Å². The highest BCUT2D eigenvalue weighted by molar-refractivity contribution is 9.10. The number of benzene rings is 1. The lowest BCUT2D eigenvalue weighted by Gasteiger charge is -2.07. The van der Waals surface area contributed by atoms with Gasteiger partial charge in [0, 0.05) is 23.8 Å². The van der Waals surface area contributed by atoms with Gasteiger partial charge in [-0.1, -0.05) is 34.1 Å². The Morgan fingerprint density at radius 3 is 2.70 bits per heavy atom. The molecule has 0 radical (unpaired) electrons. The highest BCUT2D eigenvalue weighted by Gasteiger charge is 2.06. The number of amides is 1. The molecular weight excluding hydrogens is 318 g/mol. The maximum absolute atomic E-state index is 12.0. The van der Waals surface area contributed by atoms with Gasteiger partial charge in [-0.2, -0.15) is 0 Å². The van der Waals surface area contributed by atoms with Crippen molar-refractivity contribution in [2.45, 2.75) is 13.5 Å². The number of carbonyl (C=O) groups is 1. The third-order valence-corrected chi connectivity index (χ3v) is 3.55. The Kier molecular flexibility index (Phi) is 5.12. The maximum Gasteiger partial charge on any atom is 0.253 e. The predicted molar refractivity (Wildman–Crippen MR) is 83.7 cm³/mol. The minimum absolute atomic E-state index is 0.128. The summed E-state index contributed by atoms with van der Waals surface area (Å²) in [7, 11) is 0. The number of rotatable bonds is 5. The molecule has 4 nitrogen and oxygen atoms in total. The standard InChI is InChI=1S/C15H16BrN3O/c1-2-17-14-8-7-12(10-18-14)15(20)19-9-11-5-3-4-6-13(11)16/h3-8,10H,2,9H2,1H3,(H,17,18)(H,19,20). The van der Waals surface area contributed by atoms with Crippen LogP contribution in [-0.2, 0) is 6.54 Å². The Morgan fingerprint density at radius 1 is 1.25 bits per heavy atom. The van der Waals surface area contributed by atoms with Crippen LogP contribution in [0.25, 0.3) is 0 Å². The number of hydrogen-bond acceptors (Lipinski definition) is 3. The smallest absolute Gasteiger partial charge is 0.253 e. The monoisotopic (exact) mass is 333 g/mol. The largest absolute Gasteiger partial charge is 0.370 e. The van der Waals surface area contributed by atoms with Crippen molar-refractivity contribution in [3.8, 4) is 0 Å². The van der Waals surface area contributed by atoms with Gasteiger partial charge in [-0.3, -0.25) is 4.79 Å². The third kappa shape index (κ3) is 3.81. The number of halogens is 1. The second-order valence-corrected chi connectivity index (χ2v) is 5.09. The van der Waals surface area contributed by atoms with Crippen LogP contribution in [0.5, 0.6) is 0 Å². The van der Waals surface area contributed by atoms with Gasteiger partial charge in [0.05, 0.1) is 5.56 Å². The van der Waals surface area contributed by atoms with Gasteiger partial charge >= 0.3 is 0 Å². The van der Waals surface area contributed by atoms with Gasteiger partial charge in [-0.05, 0) is 30.7 Å². The first-order valence-electron chi connectivity index (χ1n) is 6.42. The van der Waals surface area contributed by atoms with Crippen molar-refractivity contribution in [2.75, 3.05) is 11.9 Å². The van der Waals surface area contributed by atoms with Crippen LogP contribution in [0.15, 0.2) is 47.1 Å². The van der Waals surface area contributed by atoms with Crippen LogP contribution >= 0.6 is 15.9 Å². The predicted octanol–water partition coefficient (Wildman–Crippen LogP) is 3.21. The minimum Gasteiger partial charge on any atom is -0.370 e. The first-order valence-corrected chi connectivity index (χ1v) is 7.21. The molecule has 0 aliphatic rings. The lowest BCUT2D eigenvalue weighted by atomic mass is 10.2. The van der Waals surface area contributed by atoms with E-state index in [-0.39, 0.29) is 5.91 Å². The third-order valence-electron chi connectivity index (χ3n) is 2.78. The molecular formula is C15H16BrN3O. The lowest BCUT2D eigenvalue weighted by molar-refractivity contribution is 0.0950. The molecule has 104 valence electrons. The van der Waals surface area contributed by atoms with Crippen molar-refractivity contribution in [3.05, 3.63) is 58.2 Å². The number of pyridine rings is 1. The molecule has 0 fully saturated rings. The molecule has 2 N–H and O–H groups in total. The van der Waals surface area contributed by atoms with Crippen LogP contribution in [0.2, 0.25) is 0 Å². The SMILES string of the molecule is CCNc1ccc(C(=O)NCc2ccccc2Br)cn1. The van der Waals surface area contributed by atoms with Crippen LogP contribution in [0.1, 0.15) is 22.8 Å². The fourth-order valence-electron chi connectivity index (χ4n) is 1.73. The van der Waals surface area contributed by atoms with E-state index in [1.807, 2.05) is 31.2 Å². The van der Waals surface area contributed by atoms with Gasteiger partial charge in [0.15, 0.2) is 0 Å². The van der Waals surface area contributed by atoms with Crippen LogP contribution in [0, 0.1) is 0 Å². The summed E-state index contributed by atoms with van der Waals surface area (Å²) in [6.45, 7) is 3.29. The molecule has 0 aliphatic carbocycles. The second-order valence-electron chi connectivity index (χ2n) is 4.24. The van der Waals surface area contributed by atoms with Crippen molar-refractivity contribution in [1.82, 2.24) is 10.3 Å². The van der Waals surface area contributed by atoms with E-state index in [1.165, 1.54) is 0 Å². The van der Waals surface area contributed by atoms with Crippen molar-refractivity contribution in [2.24, 2.45) is 0 Å². The quantitative estimate of drug-likeness (QED) is 0.883. The summed E-state index contributed by atoms with van der Waals surface area (Å²) >= 11 is 3.46. The van der Waals surface area contributed by atoms with E-state index < -0.39 is 0 Å². The lowest BCUT2D eigenvalue weighted by Crippen LogP contribution is -2.23. The molecule has 0 aliphatic heterocycles. The van der Waals surface area contributed by atoms with E-state index >= 15 is 0 Å². The first-order chi connectivity index (χ1) is 9.70.